The van der Waals surface area contributed by atoms with E-state index in [1.54, 1.807) is 11.3 Å². The quantitative estimate of drug-likeness (QED) is 0.694. The molecule has 0 aromatic carbocycles. The molecule has 0 spiro atoms. The fourth-order valence-corrected chi connectivity index (χ4v) is 3.12. The number of nitrogens with one attached hydrogen (secondary N) is 1. The van der Waals surface area contributed by atoms with Crippen molar-refractivity contribution < 1.29 is 9.84 Å². The maximum absolute atomic E-state index is 9.84. The summed E-state index contributed by atoms with van der Waals surface area (Å²) in [6.45, 7) is 4.94. The first kappa shape index (κ1) is 15.0. The molecule has 4 heteroatoms. The molecule has 0 saturated heterocycles. The highest BCUT2D eigenvalue weighted by molar-refractivity contribution is 7.09. The number of rotatable bonds is 10. The van der Waals surface area contributed by atoms with Gasteiger partial charge in [-0.1, -0.05) is 19.4 Å². The topological polar surface area (TPSA) is 41.5 Å². The summed E-state index contributed by atoms with van der Waals surface area (Å²) >= 11 is 1.69. The average molecular weight is 283 g/mol. The van der Waals surface area contributed by atoms with E-state index in [0.717, 1.165) is 6.54 Å². The summed E-state index contributed by atoms with van der Waals surface area (Å²) in [6.07, 6.45) is 4.86. The molecule has 1 aromatic heterocycles. The zero-order chi connectivity index (χ0) is 13.6. The minimum atomic E-state index is -0.405. The molecule has 2 N–H and O–H groups in total. The lowest BCUT2D eigenvalue weighted by molar-refractivity contribution is 0.0293. The summed E-state index contributed by atoms with van der Waals surface area (Å²) in [5.41, 5.74) is 0.548. The fourth-order valence-electron chi connectivity index (χ4n) is 2.48. The molecule has 19 heavy (non-hydrogen) atoms. The highest BCUT2D eigenvalue weighted by Gasteiger charge is 2.40. The van der Waals surface area contributed by atoms with Crippen molar-refractivity contribution in [1.82, 2.24) is 5.32 Å². The SMILES string of the molecule is CCCC1(CNCC(O)COCc2cccs2)CC1. The molecule has 1 unspecified atom stereocenters. The number of aliphatic hydroxyl groups is 1. The maximum atomic E-state index is 9.84. The molecule has 3 nitrogen and oxygen atoms in total. The second-order valence-electron chi connectivity index (χ2n) is 5.63. The summed E-state index contributed by atoms with van der Waals surface area (Å²) < 4.78 is 5.51. The van der Waals surface area contributed by atoms with Gasteiger partial charge in [-0.15, -0.1) is 11.3 Å². The van der Waals surface area contributed by atoms with Gasteiger partial charge in [-0.3, -0.25) is 0 Å². The van der Waals surface area contributed by atoms with Gasteiger partial charge in [-0.05, 0) is 36.1 Å². The Labute approximate surface area is 120 Å². The van der Waals surface area contributed by atoms with Crippen LogP contribution in [0.5, 0.6) is 0 Å². The number of aliphatic hydroxyl groups excluding tert-OH is 1. The number of hydrogen-bond donors (Lipinski definition) is 2. The van der Waals surface area contributed by atoms with Gasteiger partial charge in [0.1, 0.15) is 0 Å². The predicted molar refractivity (Wildman–Crippen MR) is 79.4 cm³/mol. The van der Waals surface area contributed by atoms with Crippen molar-refractivity contribution in [2.45, 2.75) is 45.3 Å². The number of ether oxygens (including phenoxy) is 1. The van der Waals surface area contributed by atoms with Gasteiger partial charge in [0.15, 0.2) is 0 Å². The Hall–Kier alpha value is -0.420. The van der Waals surface area contributed by atoms with Crippen LogP contribution in [0.15, 0.2) is 17.5 Å². The lowest BCUT2D eigenvalue weighted by atomic mass is 10.0. The van der Waals surface area contributed by atoms with Crippen LogP contribution in [0.2, 0.25) is 0 Å². The van der Waals surface area contributed by atoms with E-state index in [1.807, 2.05) is 11.4 Å². The molecule has 1 aliphatic rings. The summed E-state index contributed by atoms with van der Waals surface area (Å²) in [5.74, 6) is 0. The molecule has 1 saturated carbocycles. The van der Waals surface area contributed by atoms with Crippen molar-refractivity contribution in [3.05, 3.63) is 22.4 Å². The average Bonchev–Trinajstić information content (AvgIpc) is 2.95. The van der Waals surface area contributed by atoms with Gasteiger partial charge in [0.2, 0.25) is 0 Å². The van der Waals surface area contributed by atoms with Crippen LogP contribution in [-0.2, 0) is 11.3 Å². The van der Waals surface area contributed by atoms with Crippen LogP contribution in [0, 0.1) is 5.41 Å². The van der Waals surface area contributed by atoms with E-state index < -0.39 is 6.10 Å². The third-order valence-corrected chi connectivity index (χ3v) is 4.60. The predicted octanol–water partition coefficient (Wildman–Crippen LogP) is 2.80. The molecule has 0 aliphatic heterocycles. The van der Waals surface area contributed by atoms with Gasteiger partial charge in [0.05, 0.1) is 19.3 Å². The van der Waals surface area contributed by atoms with E-state index in [4.69, 9.17) is 4.74 Å². The van der Waals surface area contributed by atoms with Crippen molar-refractivity contribution in [1.29, 1.82) is 0 Å². The normalized spacial score (nSPS) is 18.4. The highest BCUT2D eigenvalue weighted by Crippen LogP contribution is 2.48. The van der Waals surface area contributed by atoms with Crippen LogP contribution < -0.4 is 5.32 Å². The minimum absolute atomic E-state index is 0.405. The molecule has 1 heterocycles. The molecule has 1 fully saturated rings. The molecular formula is C15H25NO2S. The second-order valence-corrected chi connectivity index (χ2v) is 6.66. The lowest BCUT2D eigenvalue weighted by Gasteiger charge is -2.17. The van der Waals surface area contributed by atoms with E-state index in [9.17, 15) is 5.11 Å². The van der Waals surface area contributed by atoms with E-state index in [2.05, 4.69) is 18.3 Å². The molecule has 0 amide bonds. The Kier molecular flexibility index (Phi) is 5.82. The molecule has 1 aliphatic carbocycles. The van der Waals surface area contributed by atoms with Crippen molar-refractivity contribution in [2.24, 2.45) is 5.41 Å². The number of thiophene rings is 1. The minimum Gasteiger partial charge on any atom is -0.389 e. The molecule has 108 valence electrons. The summed E-state index contributed by atoms with van der Waals surface area (Å²) in [6, 6.07) is 4.07. The van der Waals surface area contributed by atoms with Crippen LogP contribution >= 0.6 is 11.3 Å². The molecule has 0 radical (unpaired) electrons. The molecule has 1 aromatic rings. The Morgan fingerprint density at radius 3 is 3.00 bits per heavy atom. The molecule has 0 bridgehead atoms. The standard InChI is InChI=1S/C15H25NO2S/c1-2-5-15(6-7-15)12-16-9-13(17)10-18-11-14-4-3-8-19-14/h3-4,8,13,16-17H,2,5-7,9-12H2,1H3. The van der Waals surface area contributed by atoms with Crippen molar-refractivity contribution in [2.75, 3.05) is 19.7 Å². The van der Waals surface area contributed by atoms with Gasteiger partial charge in [-0.25, -0.2) is 0 Å². The molecule has 1 atom stereocenters. The monoisotopic (exact) mass is 283 g/mol. The van der Waals surface area contributed by atoms with Crippen LogP contribution in [0.1, 0.15) is 37.5 Å². The lowest BCUT2D eigenvalue weighted by Crippen LogP contribution is -2.34. The Morgan fingerprint density at radius 1 is 1.53 bits per heavy atom. The van der Waals surface area contributed by atoms with Crippen LogP contribution in [-0.4, -0.2) is 30.9 Å². The van der Waals surface area contributed by atoms with Crippen LogP contribution in [0.25, 0.3) is 0 Å². The van der Waals surface area contributed by atoms with E-state index in [1.165, 1.54) is 30.6 Å². The Morgan fingerprint density at radius 2 is 2.37 bits per heavy atom. The van der Waals surface area contributed by atoms with Gasteiger partial charge in [0.25, 0.3) is 0 Å². The van der Waals surface area contributed by atoms with Gasteiger partial charge in [-0.2, -0.15) is 0 Å². The highest BCUT2D eigenvalue weighted by atomic mass is 32.1. The van der Waals surface area contributed by atoms with Crippen molar-refractivity contribution in [3.8, 4) is 0 Å². The van der Waals surface area contributed by atoms with Gasteiger partial charge < -0.3 is 15.2 Å². The third-order valence-electron chi connectivity index (χ3n) is 3.75. The van der Waals surface area contributed by atoms with Gasteiger partial charge >= 0.3 is 0 Å². The Bertz CT molecular complexity index is 349. The first-order chi connectivity index (χ1) is 9.24. The van der Waals surface area contributed by atoms with Crippen molar-refractivity contribution >= 4 is 11.3 Å². The maximum Gasteiger partial charge on any atom is 0.0897 e. The Balaban J connectivity index is 1.51. The van der Waals surface area contributed by atoms with Crippen molar-refractivity contribution in [3.63, 3.8) is 0 Å². The fraction of sp³-hybridized carbons (Fsp3) is 0.733. The number of hydrogen-bond acceptors (Lipinski definition) is 4. The van der Waals surface area contributed by atoms with Crippen LogP contribution in [0.4, 0.5) is 0 Å². The first-order valence-electron chi connectivity index (χ1n) is 7.23. The zero-order valence-corrected chi connectivity index (χ0v) is 12.5. The molecule has 2 rings (SSSR count). The van der Waals surface area contributed by atoms with E-state index in [0.29, 0.717) is 25.2 Å². The first-order valence-corrected chi connectivity index (χ1v) is 8.11. The summed E-state index contributed by atoms with van der Waals surface area (Å²) in [5, 5.41) is 15.3. The third kappa shape index (κ3) is 5.22. The molecular weight excluding hydrogens is 258 g/mol. The van der Waals surface area contributed by atoms with E-state index in [-0.39, 0.29) is 0 Å². The van der Waals surface area contributed by atoms with Crippen LogP contribution in [0.3, 0.4) is 0 Å². The van der Waals surface area contributed by atoms with Gasteiger partial charge in [0, 0.05) is 18.0 Å². The summed E-state index contributed by atoms with van der Waals surface area (Å²) in [4.78, 5) is 1.21. The summed E-state index contributed by atoms with van der Waals surface area (Å²) in [7, 11) is 0. The largest absolute Gasteiger partial charge is 0.389 e. The smallest absolute Gasteiger partial charge is 0.0897 e. The van der Waals surface area contributed by atoms with E-state index >= 15 is 0 Å². The second kappa shape index (κ2) is 7.39. The zero-order valence-electron chi connectivity index (χ0n) is 11.7.